The van der Waals surface area contributed by atoms with Gasteiger partial charge in [0.05, 0.1) is 18.0 Å². The summed E-state index contributed by atoms with van der Waals surface area (Å²) in [6, 6.07) is 0. The molecule has 0 saturated carbocycles. The van der Waals surface area contributed by atoms with Crippen molar-refractivity contribution in [1.82, 2.24) is 9.97 Å². The van der Waals surface area contributed by atoms with Gasteiger partial charge in [-0.2, -0.15) is 0 Å². The fraction of sp³-hybridized carbons (Fsp3) is 0.444. The zero-order valence-corrected chi connectivity index (χ0v) is 7.78. The van der Waals surface area contributed by atoms with Crippen molar-refractivity contribution in [3.8, 4) is 0 Å². The van der Waals surface area contributed by atoms with Crippen molar-refractivity contribution < 1.29 is 0 Å². The summed E-state index contributed by atoms with van der Waals surface area (Å²) >= 11 is 0. The standard InChI is InChI=1S/C9H12N4/c1-5(2)7-8-6(3-11-7)9(10)13-4-12-8/h4-5H,3H2,1-2H3,(H2,10,12,13). The zero-order valence-electron chi connectivity index (χ0n) is 7.78. The molecule has 4 nitrogen and oxygen atoms in total. The molecule has 0 bridgehead atoms. The first-order valence-corrected chi connectivity index (χ1v) is 4.34. The molecule has 0 spiro atoms. The van der Waals surface area contributed by atoms with E-state index in [9.17, 15) is 0 Å². The van der Waals surface area contributed by atoms with Crippen LogP contribution in [0.2, 0.25) is 0 Å². The van der Waals surface area contributed by atoms with Crippen LogP contribution >= 0.6 is 0 Å². The van der Waals surface area contributed by atoms with Crippen molar-refractivity contribution in [1.29, 1.82) is 0 Å². The highest BCUT2D eigenvalue weighted by Crippen LogP contribution is 2.23. The Bertz CT molecular complexity index is 368. The molecule has 0 amide bonds. The lowest BCUT2D eigenvalue weighted by molar-refractivity contribution is 0.878. The molecule has 1 aliphatic rings. The summed E-state index contributed by atoms with van der Waals surface area (Å²) in [6.45, 7) is 4.84. The Balaban J connectivity index is 2.50. The minimum absolute atomic E-state index is 0.399. The maximum atomic E-state index is 5.71. The Morgan fingerprint density at radius 3 is 2.85 bits per heavy atom. The Labute approximate surface area is 76.9 Å². The predicted molar refractivity (Wildman–Crippen MR) is 51.5 cm³/mol. The minimum Gasteiger partial charge on any atom is -0.383 e. The Morgan fingerprint density at radius 2 is 2.15 bits per heavy atom. The third kappa shape index (κ3) is 1.18. The summed E-state index contributed by atoms with van der Waals surface area (Å²) in [4.78, 5) is 12.5. The van der Waals surface area contributed by atoms with Gasteiger partial charge >= 0.3 is 0 Å². The third-order valence-electron chi connectivity index (χ3n) is 2.18. The van der Waals surface area contributed by atoms with Crippen molar-refractivity contribution in [2.45, 2.75) is 20.4 Å². The van der Waals surface area contributed by atoms with Crippen molar-refractivity contribution in [3.05, 3.63) is 17.6 Å². The fourth-order valence-corrected chi connectivity index (χ4v) is 1.50. The van der Waals surface area contributed by atoms with Crippen LogP contribution in [0.5, 0.6) is 0 Å². The van der Waals surface area contributed by atoms with Gasteiger partial charge in [-0.15, -0.1) is 0 Å². The molecule has 0 atom stereocenters. The molecule has 0 saturated heterocycles. The number of nitrogens with zero attached hydrogens (tertiary/aromatic N) is 3. The molecule has 0 unspecified atom stereocenters. The second kappa shape index (κ2) is 2.80. The summed E-state index contributed by atoms with van der Waals surface area (Å²) in [6.07, 6.45) is 1.50. The molecular formula is C9H12N4. The van der Waals surface area contributed by atoms with Crippen LogP contribution in [0.4, 0.5) is 5.82 Å². The predicted octanol–water partition coefficient (Wildman–Crippen LogP) is 1.02. The van der Waals surface area contributed by atoms with E-state index in [0.717, 1.165) is 17.0 Å². The third-order valence-corrected chi connectivity index (χ3v) is 2.18. The molecule has 1 aliphatic heterocycles. The quantitative estimate of drug-likeness (QED) is 0.694. The summed E-state index contributed by atoms with van der Waals surface area (Å²) in [7, 11) is 0. The van der Waals surface area contributed by atoms with Crippen molar-refractivity contribution in [3.63, 3.8) is 0 Å². The lowest BCUT2D eigenvalue weighted by atomic mass is 10.0. The summed E-state index contributed by atoms with van der Waals surface area (Å²) in [5.41, 5.74) is 8.67. The topological polar surface area (TPSA) is 64.2 Å². The normalized spacial score (nSPS) is 14.5. The number of hydrogen-bond acceptors (Lipinski definition) is 4. The highest BCUT2D eigenvalue weighted by molar-refractivity contribution is 6.03. The Morgan fingerprint density at radius 1 is 1.38 bits per heavy atom. The van der Waals surface area contributed by atoms with Gasteiger partial charge in [-0.25, -0.2) is 9.97 Å². The molecule has 1 aromatic heterocycles. The van der Waals surface area contributed by atoms with Gasteiger partial charge in [0, 0.05) is 5.56 Å². The Hall–Kier alpha value is -1.45. The molecule has 1 aromatic rings. The van der Waals surface area contributed by atoms with Crippen molar-refractivity contribution in [2.24, 2.45) is 10.9 Å². The van der Waals surface area contributed by atoms with Gasteiger partial charge in [0.1, 0.15) is 12.1 Å². The molecular weight excluding hydrogens is 164 g/mol. The van der Waals surface area contributed by atoms with E-state index in [1.165, 1.54) is 6.33 Å². The molecule has 0 aromatic carbocycles. The van der Waals surface area contributed by atoms with Gasteiger partial charge in [0.15, 0.2) is 0 Å². The van der Waals surface area contributed by atoms with Gasteiger partial charge in [0.25, 0.3) is 0 Å². The average Bonchev–Trinajstić information content (AvgIpc) is 2.48. The second-order valence-corrected chi connectivity index (χ2v) is 3.44. The summed E-state index contributed by atoms with van der Waals surface area (Å²) < 4.78 is 0. The maximum absolute atomic E-state index is 5.71. The van der Waals surface area contributed by atoms with Gasteiger partial charge < -0.3 is 5.73 Å². The number of hydrogen-bond donors (Lipinski definition) is 1. The van der Waals surface area contributed by atoms with Crippen LogP contribution in [0.1, 0.15) is 25.1 Å². The molecule has 0 fully saturated rings. The van der Waals surface area contributed by atoms with Crippen molar-refractivity contribution in [2.75, 3.05) is 5.73 Å². The molecule has 4 heteroatoms. The van der Waals surface area contributed by atoms with Crippen LogP contribution < -0.4 is 5.73 Å². The van der Waals surface area contributed by atoms with Crippen LogP contribution in [0, 0.1) is 5.92 Å². The SMILES string of the molecule is CC(C)C1=NCc2c(N)ncnc21. The lowest BCUT2D eigenvalue weighted by Gasteiger charge is -2.05. The highest BCUT2D eigenvalue weighted by atomic mass is 15.0. The van der Waals surface area contributed by atoms with Gasteiger partial charge in [-0.3, -0.25) is 4.99 Å². The van der Waals surface area contributed by atoms with E-state index < -0.39 is 0 Å². The molecule has 2 heterocycles. The molecule has 0 aliphatic carbocycles. The summed E-state index contributed by atoms with van der Waals surface area (Å²) in [5.74, 6) is 0.958. The number of nitrogen functional groups attached to an aromatic ring is 1. The molecule has 68 valence electrons. The fourth-order valence-electron chi connectivity index (χ4n) is 1.50. The number of nitrogens with two attached hydrogens (primary N) is 1. The first kappa shape index (κ1) is 8.16. The van der Waals surface area contributed by atoms with Crippen LogP contribution in [-0.2, 0) is 6.54 Å². The number of fused-ring (bicyclic) bond motifs is 1. The van der Waals surface area contributed by atoms with Crippen LogP contribution in [0.3, 0.4) is 0 Å². The van der Waals surface area contributed by atoms with E-state index in [2.05, 4.69) is 28.8 Å². The Kier molecular flexibility index (Phi) is 1.76. The minimum atomic E-state index is 0.399. The molecule has 2 rings (SSSR count). The molecule has 2 N–H and O–H groups in total. The molecule has 13 heavy (non-hydrogen) atoms. The van der Waals surface area contributed by atoms with Crippen LogP contribution in [0.25, 0.3) is 0 Å². The second-order valence-electron chi connectivity index (χ2n) is 3.44. The van der Waals surface area contributed by atoms with E-state index in [4.69, 9.17) is 5.73 Å². The van der Waals surface area contributed by atoms with Crippen molar-refractivity contribution >= 4 is 11.5 Å². The van der Waals surface area contributed by atoms with Crippen LogP contribution in [0.15, 0.2) is 11.3 Å². The number of aliphatic imine (C=N–C) groups is 1. The number of aromatic nitrogens is 2. The van der Waals surface area contributed by atoms with E-state index in [1.54, 1.807) is 0 Å². The molecule has 0 radical (unpaired) electrons. The van der Waals surface area contributed by atoms with Crippen LogP contribution in [-0.4, -0.2) is 15.7 Å². The van der Waals surface area contributed by atoms with E-state index in [0.29, 0.717) is 18.3 Å². The largest absolute Gasteiger partial charge is 0.383 e. The number of anilines is 1. The van der Waals surface area contributed by atoms with Gasteiger partial charge in [0.2, 0.25) is 0 Å². The maximum Gasteiger partial charge on any atom is 0.132 e. The van der Waals surface area contributed by atoms with E-state index in [-0.39, 0.29) is 0 Å². The monoisotopic (exact) mass is 176 g/mol. The first-order chi connectivity index (χ1) is 6.20. The zero-order chi connectivity index (χ0) is 9.42. The van der Waals surface area contributed by atoms with Gasteiger partial charge in [-0.05, 0) is 5.92 Å². The lowest BCUT2D eigenvalue weighted by Crippen LogP contribution is -2.10. The smallest absolute Gasteiger partial charge is 0.132 e. The van der Waals surface area contributed by atoms with E-state index >= 15 is 0 Å². The first-order valence-electron chi connectivity index (χ1n) is 4.34. The van der Waals surface area contributed by atoms with E-state index in [1.807, 2.05) is 0 Å². The average molecular weight is 176 g/mol. The van der Waals surface area contributed by atoms with Gasteiger partial charge in [-0.1, -0.05) is 13.8 Å². The highest BCUT2D eigenvalue weighted by Gasteiger charge is 2.21. The summed E-state index contributed by atoms with van der Waals surface area (Å²) in [5, 5.41) is 0. The number of rotatable bonds is 1.